The lowest BCUT2D eigenvalue weighted by Gasteiger charge is -2.14. The van der Waals surface area contributed by atoms with Gasteiger partial charge in [-0.05, 0) is 54.4 Å². The molecule has 8 nitrogen and oxygen atoms in total. The highest BCUT2D eigenvalue weighted by molar-refractivity contribution is 6.13. The third-order valence-electron chi connectivity index (χ3n) is 5.69. The average Bonchev–Trinajstić information content (AvgIpc) is 3.33. The van der Waals surface area contributed by atoms with Gasteiger partial charge in [0.15, 0.2) is 17.3 Å². The molecule has 0 aliphatic carbocycles. The third-order valence-corrected chi connectivity index (χ3v) is 5.69. The Morgan fingerprint density at radius 1 is 0.886 bits per heavy atom. The van der Waals surface area contributed by atoms with Gasteiger partial charge in [0.05, 0.1) is 26.3 Å². The fourth-order valence-corrected chi connectivity index (χ4v) is 3.93. The summed E-state index contributed by atoms with van der Waals surface area (Å²) in [6, 6.07) is 17.2. The van der Waals surface area contributed by atoms with Gasteiger partial charge in [-0.25, -0.2) is 0 Å². The molecule has 8 heteroatoms. The van der Waals surface area contributed by atoms with Crippen molar-refractivity contribution < 1.29 is 23.9 Å². The SMILES string of the molecule is COc1cc(C(=O)c2cn(-c3cccc(C)c3)cc2-c2ccc([N+](=O)[O-])cc2)cc(OC)c1OC. The van der Waals surface area contributed by atoms with Crippen LogP contribution in [0.15, 0.2) is 73.1 Å². The number of nitro groups is 1. The van der Waals surface area contributed by atoms with Crippen LogP contribution < -0.4 is 14.2 Å². The topological polar surface area (TPSA) is 92.8 Å². The van der Waals surface area contributed by atoms with Crippen LogP contribution in [0, 0.1) is 17.0 Å². The summed E-state index contributed by atoms with van der Waals surface area (Å²) in [5, 5.41) is 11.1. The minimum Gasteiger partial charge on any atom is -0.493 e. The van der Waals surface area contributed by atoms with Crippen LogP contribution in [0.1, 0.15) is 21.5 Å². The first kappa shape index (κ1) is 23.6. The van der Waals surface area contributed by atoms with Crippen LogP contribution in [0.2, 0.25) is 0 Å². The predicted octanol–water partition coefficient (Wildman–Crippen LogP) is 5.62. The van der Waals surface area contributed by atoms with Gasteiger partial charge in [-0.2, -0.15) is 0 Å². The van der Waals surface area contributed by atoms with Crippen LogP contribution in [0.5, 0.6) is 17.2 Å². The van der Waals surface area contributed by atoms with E-state index in [0.29, 0.717) is 39.5 Å². The summed E-state index contributed by atoms with van der Waals surface area (Å²) in [6.07, 6.45) is 3.61. The van der Waals surface area contributed by atoms with Crippen molar-refractivity contribution in [2.45, 2.75) is 6.92 Å². The van der Waals surface area contributed by atoms with Gasteiger partial charge in [-0.15, -0.1) is 0 Å². The van der Waals surface area contributed by atoms with Crippen LogP contribution in [-0.2, 0) is 0 Å². The van der Waals surface area contributed by atoms with E-state index in [4.69, 9.17) is 14.2 Å². The van der Waals surface area contributed by atoms with Gasteiger partial charge in [0.1, 0.15) is 0 Å². The average molecular weight is 472 g/mol. The van der Waals surface area contributed by atoms with Crippen molar-refractivity contribution in [2.24, 2.45) is 0 Å². The van der Waals surface area contributed by atoms with E-state index in [1.165, 1.54) is 33.5 Å². The molecule has 0 radical (unpaired) electrons. The molecule has 4 rings (SSSR count). The highest BCUT2D eigenvalue weighted by Gasteiger charge is 2.23. The number of hydrogen-bond acceptors (Lipinski definition) is 6. The van der Waals surface area contributed by atoms with E-state index < -0.39 is 4.92 Å². The Morgan fingerprint density at radius 2 is 1.54 bits per heavy atom. The lowest BCUT2D eigenvalue weighted by Crippen LogP contribution is -2.04. The molecule has 0 amide bonds. The zero-order valence-corrected chi connectivity index (χ0v) is 19.8. The highest BCUT2D eigenvalue weighted by Crippen LogP contribution is 2.39. The molecule has 1 heterocycles. The number of benzene rings is 3. The Morgan fingerprint density at radius 3 is 2.09 bits per heavy atom. The largest absolute Gasteiger partial charge is 0.493 e. The van der Waals surface area contributed by atoms with Crippen molar-refractivity contribution in [1.29, 1.82) is 0 Å². The van der Waals surface area contributed by atoms with E-state index >= 15 is 0 Å². The molecule has 35 heavy (non-hydrogen) atoms. The summed E-state index contributed by atoms with van der Waals surface area (Å²) in [5.41, 5.74) is 4.03. The lowest BCUT2D eigenvalue weighted by atomic mass is 9.97. The number of nitrogens with zero attached hydrogens (tertiary/aromatic N) is 2. The first-order chi connectivity index (χ1) is 16.9. The maximum atomic E-state index is 13.8. The second-order valence-corrected chi connectivity index (χ2v) is 7.88. The molecule has 0 saturated carbocycles. The fourth-order valence-electron chi connectivity index (χ4n) is 3.93. The van der Waals surface area contributed by atoms with Crippen molar-refractivity contribution >= 4 is 11.5 Å². The van der Waals surface area contributed by atoms with Gasteiger partial charge in [0, 0.05) is 46.9 Å². The summed E-state index contributed by atoms with van der Waals surface area (Å²) in [5.74, 6) is 0.860. The van der Waals surface area contributed by atoms with Crippen LogP contribution in [-0.4, -0.2) is 36.6 Å². The molecule has 0 N–H and O–H groups in total. The van der Waals surface area contributed by atoms with Gasteiger partial charge >= 0.3 is 0 Å². The zero-order chi connectivity index (χ0) is 25.1. The molecule has 0 unspecified atom stereocenters. The van der Waals surface area contributed by atoms with E-state index in [1.807, 2.05) is 42.0 Å². The second-order valence-electron chi connectivity index (χ2n) is 7.88. The molecule has 0 bridgehead atoms. The van der Waals surface area contributed by atoms with Crippen molar-refractivity contribution in [2.75, 3.05) is 21.3 Å². The number of carbonyl (C=O) groups is 1. The number of ether oxygens (including phenoxy) is 3. The molecule has 4 aromatic rings. The van der Waals surface area contributed by atoms with Crippen molar-refractivity contribution in [3.8, 4) is 34.1 Å². The molecule has 178 valence electrons. The quantitative estimate of drug-likeness (QED) is 0.188. The van der Waals surface area contributed by atoms with Crippen LogP contribution in [0.4, 0.5) is 5.69 Å². The summed E-state index contributed by atoms with van der Waals surface area (Å²) in [7, 11) is 4.47. The van der Waals surface area contributed by atoms with Gasteiger partial charge in [-0.1, -0.05) is 12.1 Å². The Bertz CT molecular complexity index is 1380. The van der Waals surface area contributed by atoms with E-state index in [1.54, 1.807) is 30.5 Å². The summed E-state index contributed by atoms with van der Waals surface area (Å²) < 4.78 is 18.1. The number of ketones is 1. The first-order valence-electron chi connectivity index (χ1n) is 10.7. The summed E-state index contributed by atoms with van der Waals surface area (Å²) in [6.45, 7) is 1.99. The molecule has 1 aromatic heterocycles. The predicted molar refractivity (Wildman–Crippen MR) is 132 cm³/mol. The zero-order valence-electron chi connectivity index (χ0n) is 19.8. The number of aromatic nitrogens is 1. The Balaban J connectivity index is 1.88. The molecule has 0 spiro atoms. The van der Waals surface area contributed by atoms with E-state index in [9.17, 15) is 14.9 Å². The van der Waals surface area contributed by atoms with Gasteiger partial charge in [0.25, 0.3) is 5.69 Å². The monoisotopic (exact) mass is 472 g/mol. The minimum atomic E-state index is -0.455. The Hall–Kier alpha value is -4.59. The fraction of sp³-hybridized carbons (Fsp3) is 0.148. The van der Waals surface area contributed by atoms with E-state index in [0.717, 1.165) is 11.3 Å². The molecule has 3 aromatic carbocycles. The number of methoxy groups -OCH3 is 3. The second kappa shape index (κ2) is 9.72. The molecule has 0 saturated heterocycles. The molecular formula is C27H24N2O6. The molecule has 0 aliphatic rings. The molecular weight excluding hydrogens is 448 g/mol. The van der Waals surface area contributed by atoms with Gasteiger partial charge in [-0.3, -0.25) is 14.9 Å². The van der Waals surface area contributed by atoms with Crippen molar-refractivity contribution in [1.82, 2.24) is 4.57 Å². The standard InChI is InChI=1S/C27H24N2O6/c1-17-6-5-7-21(12-17)28-15-22(18-8-10-20(11-9-18)29(31)32)23(16-28)26(30)19-13-24(33-2)27(35-4)25(14-19)34-3/h5-16H,1-4H3. The molecule has 0 atom stereocenters. The number of carbonyl (C=O) groups excluding carboxylic acids is 1. The number of nitro benzene ring substituents is 1. The first-order valence-corrected chi connectivity index (χ1v) is 10.7. The van der Waals surface area contributed by atoms with Gasteiger partial charge in [0.2, 0.25) is 5.75 Å². The minimum absolute atomic E-state index is 0.0237. The third kappa shape index (κ3) is 4.59. The van der Waals surface area contributed by atoms with Gasteiger partial charge < -0.3 is 18.8 Å². The van der Waals surface area contributed by atoms with Crippen LogP contribution >= 0.6 is 0 Å². The Labute approximate surface area is 202 Å². The molecule has 0 fully saturated rings. The number of rotatable bonds is 8. The smallest absolute Gasteiger partial charge is 0.269 e. The lowest BCUT2D eigenvalue weighted by molar-refractivity contribution is -0.384. The van der Waals surface area contributed by atoms with E-state index in [2.05, 4.69) is 0 Å². The molecule has 0 aliphatic heterocycles. The normalized spacial score (nSPS) is 10.6. The maximum absolute atomic E-state index is 13.8. The number of hydrogen-bond donors (Lipinski definition) is 0. The maximum Gasteiger partial charge on any atom is 0.269 e. The van der Waals surface area contributed by atoms with Crippen LogP contribution in [0.3, 0.4) is 0 Å². The number of aryl methyl sites for hydroxylation is 1. The van der Waals surface area contributed by atoms with E-state index in [-0.39, 0.29) is 11.5 Å². The van der Waals surface area contributed by atoms with Crippen molar-refractivity contribution in [3.63, 3.8) is 0 Å². The summed E-state index contributed by atoms with van der Waals surface area (Å²) in [4.78, 5) is 24.5. The summed E-state index contributed by atoms with van der Waals surface area (Å²) >= 11 is 0. The van der Waals surface area contributed by atoms with Crippen molar-refractivity contribution in [3.05, 3.63) is 99.9 Å². The number of non-ortho nitro benzene ring substituents is 1. The Kier molecular flexibility index (Phi) is 6.55. The van der Waals surface area contributed by atoms with Crippen LogP contribution in [0.25, 0.3) is 16.8 Å². The highest BCUT2D eigenvalue weighted by atomic mass is 16.6.